The molecule has 0 saturated heterocycles. The average Bonchev–Trinajstić information content (AvgIpc) is 3.23. The fourth-order valence-electron chi connectivity index (χ4n) is 3.11. The van der Waals surface area contributed by atoms with Crippen LogP contribution in [-0.2, 0) is 11.2 Å². The van der Waals surface area contributed by atoms with E-state index in [1.54, 1.807) is 49.5 Å². The van der Waals surface area contributed by atoms with E-state index in [0.29, 0.717) is 41.4 Å². The van der Waals surface area contributed by atoms with Crippen LogP contribution >= 0.6 is 0 Å². The molecule has 1 aromatic carbocycles. The van der Waals surface area contributed by atoms with Gasteiger partial charge in [-0.1, -0.05) is 6.07 Å². The fourth-order valence-corrected chi connectivity index (χ4v) is 3.11. The number of aromatic nitrogens is 4. The molecule has 0 aliphatic rings. The summed E-state index contributed by atoms with van der Waals surface area (Å²) in [4.78, 5) is 41.8. The molecular weight excluding hydrogens is 420 g/mol. The van der Waals surface area contributed by atoms with Crippen molar-refractivity contribution >= 4 is 23.5 Å². The van der Waals surface area contributed by atoms with E-state index in [2.05, 4.69) is 30.6 Å². The lowest BCUT2D eigenvalue weighted by atomic mass is 10.2. The van der Waals surface area contributed by atoms with Crippen LogP contribution in [0.25, 0.3) is 11.5 Å². The molecule has 0 fully saturated rings. The van der Waals surface area contributed by atoms with Gasteiger partial charge in [0.1, 0.15) is 23.0 Å². The van der Waals surface area contributed by atoms with E-state index in [4.69, 9.17) is 4.42 Å². The van der Waals surface area contributed by atoms with Crippen LogP contribution < -0.4 is 10.6 Å². The average molecular weight is 442 g/mol. The summed E-state index contributed by atoms with van der Waals surface area (Å²) in [6, 6.07) is 15.7. The van der Waals surface area contributed by atoms with Crippen LogP contribution in [0.3, 0.4) is 0 Å². The van der Waals surface area contributed by atoms with E-state index in [9.17, 15) is 9.59 Å². The minimum atomic E-state index is -0.376. The summed E-state index contributed by atoms with van der Waals surface area (Å²) in [6.07, 6.45) is 2.46. The van der Waals surface area contributed by atoms with Gasteiger partial charge in [0.05, 0.1) is 0 Å². The Labute approximate surface area is 190 Å². The van der Waals surface area contributed by atoms with Crippen molar-refractivity contribution in [3.8, 4) is 11.5 Å². The van der Waals surface area contributed by atoms with Crippen molar-refractivity contribution in [3.05, 3.63) is 83.7 Å². The van der Waals surface area contributed by atoms with Crippen LogP contribution in [0.15, 0.2) is 65.2 Å². The Morgan fingerprint density at radius 3 is 2.42 bits per heavy atom. The number of amides is 2. The highest BCUT2D eigenvalue weighted by Crippen LogP contribution is 2.15. The molecular formula is C24H22N6O3. The number of carbonyl (C=O) groups is 2. The first-order chi connectivity index (χ1) is 16.0. The Morgan fingerprint density at radius 1 is 0.909 bits per heavy atom. The molecule has 0 aliphatic carbocycles. The summed E-state index contributed by atoms with van der Waals surface area (Å²) >= 11 is 0. The van der Waals surface area contributed by atoms with Crippen LogP contribution in [0.4, 0.5) is 11.6 Å². The number of furan rings is 1. The van der Waals surface area contributed by atoms with Crippen LogP contribution in [0.2, 0.25) is 0 Å². The van der Waals surface area contributed by atoms with Gasteiger partial charge in [-0.15, -0.1) is 0 Å². The Kier molecular flexibility index (Phi) is 6.49. The number of nitrogens with zero attached hydrogens (tertiary/aromatic N) is 4. The Balaban J connectivity index is 1.36. The van der Waals surface area contributed by atoms with Crippen molar-refractivity contribution in [1.82, 2.24) is 19.9 Å². The van der Waals surface area contributed by atoms with Crippen molar-refractivity contribution in [2.75, 3.05) is 10.6 Å². The molecule has 0 atom stereocenters. The highest BCUT2D eigenvalue weighted by Gasteiger charge is 2.12. The van der Waals surface area contributed by atoms with E-state index in [1.165, 1.54) is 0 Å². The first-order valence-corrected chi connectivity index (χ1v) is 10.4. The first-order valence-electron chi connectivity index (χ1n) is 10.4. The van der Waals surface area contributed by atoms with Crippen LogP contribution in [0, 0.1) is 13.8 Å². The Morgan fingerprint density at radius 2 is 1.73 bits per heavy atom. The van der Waals surface area contributed by atoms with Crippen molar-refractivity contribution in [1.29, 1.82) is 0 Å². The number of anilines is 2. The van der Waals surface area contributed by atoms with Gasteiger partial charge in [-0.2, -0.15) is 9.97 Å². The van der Waals surface area contributed by atoms with Gasteiger partial charge in [0.25, 0.3) is 5.91 Å². The molecule has 33 heavy (non-hydrogen) atoms. The number of hydrogen-bond acceptors (Lipinski definition) is 7. The smallest absolute Gasteiger partial charge is 0.258 e. The van der Waals surface area contributed by atoms with E-state index in [-0.39, 0.29) is 17.8 Å². The highest BCUT2D eigenvalue weighted by atomic mass is 16.3. The maximum atomic E-state index is 12.6. The van der Waals surface area contributed by atoms with Gasteiger partial charge in [0, 0.05) is 30.3 Å². The number of carbonyl (C=O) groups excluding carboxylic acids is 2. The summed E-state index contributed by atoms with van der Waals surface area (Å²) in [5, 5.41) is 5.50. The Bertz CT molecular complexity index is 1270. The summed E-state index contributed by atoms with van der Waals surface area (Å²) in [5.74, 6) is 2.06. The zero-order valence-electron chi connectivity index (χ0n) is 18.2. The maximum absolute atomic E-state index is 12.6. The van der Waals surface area contributed by atoms with Crippen LogP contribution in [0.5, 0.6) is 0 Å². The van der Waals surface area contributed by atoms with Crippen LogP contribution in [-0.4, -0.2) is 31.8 Å². The second kappa shape index (κ2) is 9.82. The van der Waals surface area contributed by atoms with Crippen molar-refractivity contribution < 1.29 is 14.0 Å². The normalized spacial score (nSPS) is 10.6. The van der Waals surface area contributed by atoms with Crippen LogP contribution in [0.1, 0.15) is 34.1 Å². The van der Waals surface area contributed by atoms with Gasteiger partial charge >= 0.3 is 0 Å². The molecule has 0 spiro atoms. The third-order valence-electron chi connectivity index (χ3n) is 4.69. The number of nitrogens with one attached hydrogen (secondary N) is 2. The minimum Gasteiger partial charge on any atom is -0.466 e. The molecule has 0 saturated carbocycles. The lowest BCUT2D eigenvalue weighted by molar-refractivity contribution is -0.116. The van der Waals surface area contributed by atoms with E-state index in [0.717, 1.165) is 11.5 Å². The maximum Gasteiger partial charge on any atom is 0.258 e. The molecule has 166 valence electrons. The predicted octanol–water partition coefficient (Wildman–Crippen LogP) is 3.97. The van der Waals surface area contributed by atoms with Gasteiger partial charge in [-0.3, -0.25) is 19.9 Å². The van der Waals surface area contributed by atoms with Gasteiger partial charge in [0.15, 0.2) is 5.82 Å². The molecule has 0 bridgehead atoms. The van der Waals surface area contributed by atoms with Crippen molar-refractivity contribution in [2.24, 2.45) is 0 Å². The summed E-state index contributed by atoms with van der Waals surface area (Å²) in [5.41, 5.74) is 1.58. The number of benzene rings is 1. The van der Waals surface area contributed by atoms with Crippen molar-refractivity contribution in [2.45, 2.75) is 26.7 Å². The summed E-state index contributed by atoms with van der Waals surface area (Å²) in [6.45, 7) is 3.58. The fraction of sp³-hybridized carbons (Fsp3) is 0.167. The van der Waals surface area contributed by atoms with Crippen molar-refractivity contribution in [3.63, 3.8) is 0 Å². The monoisotopic (exact) mass is 442 g/mol. The number of aryl methyl sites for hydroxylation is 3. The highest BCUT2D eigenvalue weighted by molar-refractivity contribution is 6.03. The summed E-state index contributed by atoms with van der Waals surface area (Å²) < 4.78 is 5.47. The zero-order valence-corrected chi connectivity index (χ0v) is 18.2. The molecule has 4 aromatic rings. The quantitative estimate of drug-likeness (QED) is 0.444. The molecule has 9 heteroatoms. The molecule has 2 amide bonds. The molecule has 4 rings (SSSR count). The first kappa shape index (κ1) is 21.8. The standard InChI is InChI=1S/C24H22N6O3/c1-15-6-11-19(33-15)12-13-21(31)28-18-9-7-17(8-10-18)23(32)30-24-27-16(2)26-22(29-24)20-5-3-4-14-25-20/h3-11,14H,12-13H2,1-2H3,(H,28,31)(H,26,27,29,30,32). The van der Waals surface area contributed by atoms with E-state index >= 15 is 0 Å². The molecule has 3 aromatic heterocycles. The SMILES string of the molecule is Cc1nc(NC(=O)c2ccc(NC(=O)CCc3ccc(C)o3)cc2)nc(-c2ccccn2)n1. The molecule has 3 heterocycles. The summed E-state index contributed by atoms with van der Waals surface area (Å²) in [7, 11) is 0. The van der Waals surface area contributed by atoms with Gasteiger partial charge in [-0.05, 0) is 62.4 Å². The lowest BCUT2D eigenvalue weighted by Gasteiger charge is -2.08. The Hall–Kier alpha value is -4.40. The van der Waals surface area contributed by atoms with E-state index < -0.39 is 0 Å². The lowest BCUT2D eigenvalue weighted by Crippen LogP contribution is -2.16. The molecule has 2 N–H and O–H groups in total. The van der Waals surface area contributed by atoms with Gasteiger partial charge in [0.2, 0.25) is 11.9 Å². The third-order valence-corrected chi connectivity index (χ3v) is 4.69. The number of hydrogen-bond donors (Lipinski definition) is 2. The third kappa shape index (κ3) is 5.85. The molecule has 9 nitrogen and oxygen atoms in total. The largest absolute Gasteiger partial charge is 0.466 e. The van der Waals surface area contributed by atoms with E-state index in [1.807, 2.05) is 25.1 Å². The molecule has 0 unspecified atom stereocenters. The zero-order chi connectivity index (χ0) is 23.2. The second-order valence-electron chi connectivity index (χ2n) is 7.34. The predicted molar refractivity (Wildman–Crippen MR) is 123 cm³/mol. The number of pyridine rings is 1. The molecule has 0 radical (unpaired) electrons. The topological polar surface area (TPSA) is 123 Å². The minimum absolute atomic E-state index is 0.135. The number of rotatable bonds is 7. The molecule has 0 aliphatic heterocycles. The second-order valence-corrected chi connectivity index (χ2v) is 7.34. The van der Waals surface area contributed by atoms with Gasteiger partial charge in [-0.25, -0.2) is 4.98 Å². The van der Waals surface area contributed by atoms with Gasteiger partial charge < -0.3 is 9.73 Å².